The third-order valence-electron chi connectivity index (χ3n) is 3.16. The average Bonchev–Trinajstić information content (AvgIpc) is 2.32. The van der Waals surface area contributed by atoms with Gasteiger partial charge in [-0.1, -0.05) is 32.8 Å². The molecule has 0 saturated heterocycles. The molecule has 0 aliphatic heterocycles. The van der Waals surface area contributed by atoms with E-state index in [1.165, 1.54) is 25.8 Å². The fourth-order valence-corrected chi connectivity index (χ4v) is 1.79. The Morgan fingerprint density at radius 1 is 1.12 bits per heavy atom. The van der Waals surface area contributed by atoms with Gasteiger partial charge in [0.05, 0.1) is 0 Å². The third-order valence-corrected chi connectivity index (χ3v) is 3.16. The first-order valence-electron chi connectivity index (χ1n) is 6.80. The van der Waals surface area contributed by atoms with Crippen molar-refractivity contribution in [1.82, 2.24) is 4.90 Å². The molecule has 0 aromatic rings. The van der Waals surface area contributed by atoms with E-state index in [0.29, 0.717) is 5.57 Å². The Labute approximate surface area is 106 Å². The number of hydrogen-bond donors (Lipinski definition) is 1. The Balaban J connectivity index is 3.41. The van der Waals surface area contributed by atoms with Crippen molar-refractivity contribution in [3.05, 3.63) is 11.6 Å². The van der Waals surface area contributed by atoms with Gasteiger partial charge in [-0.15, -0.1) is 0 Å². The summed E-state index contributed by atoms with van der Waals surface area (Å²) in [5.74, 6) is -0.300. The highest BCUT2D eigenvalue weighted by molar-refractivity contribution is 5.91. The molecular weight excluding hydrogens is 212 g/mol. The minimum atomic E-state index is -0.300. The summed E-state index contributed by atoms with van der Waals surface area (Å²) in [4.78, 5) is 13.2. The maximum Gasteiger partial charge on any atom is 0.244 e. The Bertz CT molecular complexity index is 232. The molecule has 100 valence electrons. The van der Waals surface area contributed by atoms with Crippen LogP contribution in [0.2, 0.25) is 0 Å². The Morgan fingerprint density at radius 3 is 2.24 bits per heavy atom. The van der Waals surface area contributed by atoms with Crippen LogP contribution in [0.3, 0.4) is 0 Å². The predicted octanol–water partition coefficient (Wildman–Crippen LogP) is 2.71. The minimum absolute atomic E-state index is 0.300. The standard InChI is InChI=1S/C14H28N2O/c1-4-16(5-2)12-10-8-6-7-9-11-13(3)14(15)17/h11H,4-10,12H2,1-3H3,(H2,15,17)/b13-11+. The molecule has 0 atom stereocenters. The Hall–Kier alpha value is -0.830. The van der Waals surface area contributed by atoms with Crippen molar-refractivity contribution in [3.8, 4) is 0 Å². The van der Waals surface area contributed by atoms with Crippen molar-refractivity contribution in [2.75, 3.05) is 19.6 Å². The molecule has 0 bridgehead atoms. The summed E-state index contributed by atoms with van der Waals surface area (Å²) in [7, 11) is 0. The molecule has 0 heterocycles. The molecule has 3 nitrogen and oxygen atoms in total. The summed E-state index contributed by atoms with van der Waals surface area (Å²) in [5.41, 5.74) is 5.84. The monoisotopic (exact) mass is 240 g/mol. The van der Waals surface area contributed by atoms with Gasteiger partial charge in [-0.2, -0.15) is 0 Å². The van der Waals surface area contributed by atoms with Gasteiger partial charge in [0.25, 0.3) is 0 Å². The zero-order valence-corrected chi connectivity index (χ0v) is 11.7. The molecule has 0 rings (SSSR count). The van der Waals surface area contributed by atoms with Crippen LogP contribution >= 0.6 is 0 Å². The smallest absolute Gasteiger partial charge is 0.244 e. The number of hydrogen-bond acceptors (Lipinski definition) is 2. The largest absolute Gasteiger partial charge is 0.366 e. The van der Waals surface area contributed by atoms with Crippen LogP contribution in [0, 0.1) is 0 Å². The second-order valence-corrected chi connectivity index (χ2v) is 4.48. The highest BCUT2D eigenvalue weighted by atomic mass is 16.1. The summed E-state index contributed by atoms with van der Waals surface area (Å²) in [6, 6.07) is 0. The topological polar surface area (TPSA) is 46.3 Å². The van der Waals surface area contributed by atoms with Crippen molar-refractivity contribution in [1.29, 1.82) is 0 Å². The number of amides is 1. The number of rotatable bonds is 10. The molecular formula is C14H28N2O. The minimum Gasteiger partial charge on any atom is -0.366 e. The van der Waals surface area contributed by atoms with Crippen LogP contribution in [0.4, 0.5) is 0 Å². The van der Waals surface area contributed by atoms with E-state index < -0.39 is 0 Å². The van der Waals surface area contributed by atoms with Gasteiger partial charge in [0.15, 0.2) is 0 Å². The van der Waals surface area contributed by atoms with Crippen LogP contribution in [-0.2, 0) is 4.79 Å². The molecule has 1 amide bonds. The number of carbonyl (C=O) groups excluding carboxylic acids is 1. The molecule has 17 heavy (non-hydrogen) atoms. The summed E-state index contributed by atoms with van der Waals surface area (Å²) in [6.07, 6.45) is 7.87. The number of carbonyl (C=O) groups is 1. The highest BCUT2D eigenvalue weighted by Gasteiger charge is 1.98. The lowest BCUT2D eigenvalue weighted by Crippen LogP contribution is -2.23. The van der Waals surface area contributed by atoms with Crippen LogP contribution in [0.5, 0.6) is 0 Å². The molecule has 2 N–H and O–H groups in total. The van der Waals surface area contributed by atoms with Crippen molar-refractivity contribution in [2.24, 2.45) is 5.73 Å². The number of nitrogens with two attached hydrogens (primary N) is 1. The predicted molar refractivity (Wildman–Crippen MR) is 73.8 cm³/mol. The lowest BCUT2D eigenvalue weighted by molar-refractivity contribution is -0.114. The van der Waals surface area contributed by atoms with Crippen LogP contribution in [0.15, 0.2) is 11.6 Å². The Kier molecular flexibility index (Phi) is 9.83. The van der Waals surface area contributed by atoms with Gasteiger partial charge in [-0.05, 0) is 45.8 Å². The zero-order valence-electron chi connectivity index (χ0n) is 11.7. The van der Waals surface area contributed by atoms with Crippen molar-refractivity contribution >= 4 is 5.91 Å². The number of unbranched alkanes of at least 4 members (excludes halogenated alkanes) is 4. The van der Waals surface area contributed by atoms with Crippen LogP contribution in [0.1, 0.15) is 52.9 Å². The molecule has 0 aromatic carbocycles. The number of primary amides is 1. The van der Waals surface area contributed by atoms with Gasteiger partial charge in [-0.3, -0.25) is 4.79 Å². The van der Waals surface area contributed by atoms with Crippen molar-refractivity contribution < 1.29 is 4.79 Å². The van der Waals surface area contributed by atoms with E-state index in [0.717, 1.165) is 25.9 Å². The summed E-state index contributed by atoms with van der Waals surface area (Å²) in [5, 5.41) is 0. The second kappa shape index (κ2) is 10.3. The lowest BCUT2D eigenvalue weighted by Gasteiger charge is -2.17. The van der Waals surface area contributed by atoms with E-state index in [9.17, 15) is 4.79 Å². The Morgan fingerprint density at radius 2 is 1.71 bits per heavy atom. The molecule has 0 aliphatic carbocycles. The third kappa shape index (κ3) is 8.93. The fraction of sp³-hybridized carbons (Fsp3) is 0.786. The molecule has 3 heteroatoms. The van der Waals surface area contributed by atoms with Gasteiger partial charge in [0.1, 0.15) is 0 Å². The van der Waals surface area contributed by atoms with Gasteiger partial charge < -0.3 is 10.6 Å². The van der Waals surface area contributed by atoms with Gasteiger partial charge in [0, 0.05) is 5.57 Å². The maximum atomic E-state index is 10.8. The summed E-state index contributed by atoms with van der Waals surface area (Å²) < 4.78 is 0. The van der Waals surface area contributed by atoms with Crippen LogP contribution < -0.4 is 5.73 Å². The van der Waals surface area contributed by atoms with E-state index in [1.807, 2.05) is 6.08 Å². The van der Waals surface area contributed by atoms with E-state index in [2.05, 4.69) is 18.7 Å². The summed E-state index contributed by atoms with van der Waals surface area (Å²) >= 11 is 0. The first-order valence-corrected chi connectivity index (χ1v) is 6.80. The lowest BCUT2D eigenvalue weighted by atomic mass is 10.1. The zero-order chi connectivity index (χ0) is 13.1. The molecule has 0 radical (unpaired) electrons. The normalized spacial score (nSPS) is 12.1. The molecule has 0 fully saturated rings. The van der Waals surface area contributed by atoms with Crippen molar-refractivity contribution in [3.63, 3.8) is 0 Å². The van der Waals surface area contributed by atoms with E-state index in [1.54, 1.807) is 6.92 Å². The first-order chi connectivity index (χ1) is 8.11. The van der Waals surface area contributed by atoms with Gasteiger partial charge in [-0.25, -0.2) is 0 Å². The van der Waals surface area contributed by atoms with Crippen LogP contribution in [0.25, 0.3) is 0 Å². The van der Waals surface area contributed by atoms with E-state index in [4.69, 9.17) is 5.73 Å². The first kappa shape index (κ1) is 16.2. The summed E-state index contributed by atoms with van der Waals surface area (Å²) in [6.45, 7) is 9.71. The molecule has 0 saturated carbocycles. The van der Waals surface area contributed by atoms with Crippen molar-refractivity contribution in [2.45, 2.75) is 52.9 Å². The molecule has 0 aromatic heterocycles. The number of allylic oxidation sites excluding steroid dienone is 1. The average molecular weight is 240 g/mol. The second-order valence-electron chi connectivity index (χ2n) is 4.48. The fourth-order valence-electron chi connectivity index (χ4n) is 1.79. The van der Waals surface area contributed by atoms with E-state index >= 15 is 0 Å². The van der Waals surface area contributed by atoms with E-state index in [-0.39, 0.29) is 5.91 Å². The molecule has 0 unspecified atom stereocenters. The van der Waals surface area contributed by atoms with Gasteiger partial charge >= 0.3 is 0 Å². The highest BCUT2D eigenvalue weighted by Crippen LogP contribution is 2.06. The molecule has 0 aliphatic rings. The SMILES string of the molecule is CCN(CC)CCCCCC/C=C(\C)C(N)=O. The van der Waals surface area contributed by atoms with Gasteiger partial charge in [0.2, 0.25) is 5.91 Å². The van der Waals surface area contributed by atoms with Crippen LogP contribution in [-0.4, -0.2) is 30.4 Å². The maximum absolute atomic E-state index is 10.8. The molecule has 0 spiro atoms. The quantitative estimate of drug-likeness (QED) is 0.471. The number of nitrogens with zero attached hydrogens (tertiary/aromatic N) is 1.